The van der Waals surface area contributed by atoms with Crippen LogP contribution in [0.15, 0.2) is 41.1 Å². The van der Waals surface area contributed by atoms with Gasteiger partial charge in [0, 0.05) is 16.0 Å². The number of carbonyl (C=O) groups excluding carboxylic acids is 1. The first kappa shape index (κ1) is 14.3. The highest BCUT2D eigenvalue weighted by atomic mass is 35.5. The maximum absolute atomic E-state index is 12.1. The number of hydrogen-bond donors (Lipinski definition) is 1. The van der Waals surface area contributed by atoms with Crippen LogP contribution in [-0.2, 0) is 0 Å². The lowest BCUT2D eigenvalue weighted by Gasteiger charge is -2.00. The molecule has 0 bridgehead atoms. The number of aromatic nitrogens is 1. The summed E-state index contributed by atoms with van der Waals surface area (Å²) in [6.45, 7) is 1.92. The molecular weight excluding hydrogens is 324 g/mol. The minimum absolute atomic E-state index is 0.112. The highest BCUT2D eigenvalue weighted by Crippen LogP contribution is 2.27. The maximum atomic E-state index is 12.1. The molecule has 0 unspecified atom stereocenters. The zero-order chi connectivity index (χ0) is 14.8. The average Bonchev–Trinajstić information content (AvgIpc) is 3.09. The van der Waals surface area contributed by atoms with Crippen LogP contribution < -0.4 is 5.32 Å². The molecule has 0 aliphatic heterocycles. The monoisotopic (exact) mass is 334 g/mol. The molecule has 3 nitrogen and oxygen atoms in total. The molecule has 1 N–H and O–H groups in total. The third-order valence-electron chi connectivity index (χ3n) is 2.93. The molecule has 0 fully saturated rings. The molecule has 21 heavy (non-hydrogen) atoms. The van der Waals surface area contributed by atoms with Crippen molar-refractivity contribution in [2.24, 2.45) is 0 Å². The van der Waals surface area contributed by atoms with Gasteiger partial charge in [0.2, 0.25) is 0 Å². The SMILES string of the molecule is Cc1ccsc1C(=O)Nc1nc(-c2ccc(Cl)cc2)cs1. The summed E-state index contributed by atoms with van der Waals surface area (Å²) in [7, 11) is 0. The van der Waals surface area contributed by atoms with E-state index in [0.29, 0.717) is 10.2 Å². The van der Waals surface area contributed by atoms with Crippen molar-refractivity contribution in [2.45, 2.75) is 6.92 Å². The Labute approximate surface area is 135 Å². The van der Waals surface area contributed by atoms with Crippen LogP contribution in [0.25, 0.3) is 11.3 Å². The van der Waals surface area contributed by atoms with E-state index in [1.54, 1.807) is 0 Å². The number of thiophene rings is 1. The predicted molar refractivity (Wildman–Crippen MR) is 89.6 cm³/mol. The second kappa shape index (κ2) is 5.97. The molecule has 3 rings (SSSR count). The topological polar surface area (TPSA) is 42.0 Å². The number of halogens is 1. The Hall–Kier alpha value is -1.69. The highest BCUT2D eigenvalue weighted by molar-refractivity contribution is 7.14. The Bertz CT molecular complexity index is 777. The second-order valence-electron chi connectivity index (χ2n) is 4.43. The first-order valence-electron chi connectivity index (χ1n) is 6.20. The van der Waals surface area contributed by atoms with E-state index >= 15 is 0 Å². The van der Waals surface area contributed by atoms with Gasteiger partial charge in [-0.05, 0) is 36.1 Å². The molecule has 0 spiro atoms. The van der Waals surface area contributed by atoms with Crippen LogP contribution in [0.1, 0.15) is 15.2 Å². The van der Waals surface area contributed by atoms with Gasteiger partial charge in [0.25, 0.3) is 5.91 Å². The van der Waals surface area contributed by atoms with Gasteiger partial charge in [-0.3, -0.25) is 10.1 Å². The summed E-state index contributed by atoms with van der Waals surface area (Å²) < 4.78 is 0. The number of anilines is 1. The second-order valence-corrected chi connectivity index (χ2v) is 6.64. The molecule has 1 aromatic carbocycles. The van der Waals surface area contributed by atoms with Crippen LogP contribution in [0.5, 0.6) is 0 Å². The number of rotatable bonds is 3. The lowest BCUT2D eigenvalue weighted by atomic mass is 10.2. The number of carbonyl (C=O) groups is 1. The quantitative estimate of drug-likeness (QED) is 0.725. The van der Waals surface area contributed by atoms with Crippen LogP contribution in [0.2, 0.25) is 5.02 Å². The Morgan fingerprint density at radius 2 is 1.95 bits per heavy atom. The third-order valence-corrected chi connectivity index (χ3v) is 4.96. The van der Waals surface area contributed by atoms with Gasteiger partial charge in [0.05, 0.1) is 10.6 Å². The molecule has 0 atom stereocenters. The maximum Gasteiger partial charge on any atom is 0.267 e. The van der Waals surface area contributed by atoms with Gasteiger partial charge in [-0.2, -0.15) is 0 Å². The van der Waals surface area contributed by atoms with E-state index in [9.17, 15) is 4.79 Å². The van der Waals surface area contributed by atoms with Gasteiger partial charge in [0.15, 0.2) is 5.13 Å². The molecule has 6 heteroatoms. The first-order chi connectivity index (χ1) is 10.1. The smallest absolute Gasteiger partial charge is 0.267 e. The molecule has 0 saturated heterocycles. The van der Waals surface area contributed by atoms with Crippen LogP contribution in [0.4, 0.5) is 5.13 Å². The number of aryl methyl sites for hydroxylation is 1. The molecule has 2 heterocycles. The number of amides is 1. The Morgan fingerprint density at radius 1 is 1.19 bits per heavy atom. The van der Waals surface area contributed by atoms with Crippen molar-refractivity contribution >= 4 is 45.3 Å². The van der Waals surface area contributed by atoms with Crippen molar-refractivity contribution in [2.75, 3.05) is 5.32 Å². The fraction of sp³-hybridized carbons (Fsp3) is 0.0667. The first-order valence-corrected chi connectivity index (χ1v) is 8.34. The third kappa shape index (κ3) is 3.15. The summed E-state index contributed by atoms with van der Waals surface area (Å²) in [5.41, 5.74) is 2.78. The molecule has 106 valence electrons. The van der Waals surface area contributed by atoms with Crippen LogP contribution in [-0.4, -0.2) is 10.9 Å². The standard InChI is InChI=1S/C15H11ClN2OS2/c1-9-6-7-20-13(9)14(19)18-15-17-12(8-21-15)10-2-4-11(16)5-3-10/h2-8H,1H3,(H,17,18,19). The summed E-state index contributed by atoms with van der Waals surface area (Å²) >= 11 is 8.71. The van der Waals surface area contributed by atoms with Crippen molar-refractivity contribution in [3.63, 3.8) is 0 Å². The minimum atomic E-state index is -0.112. The van der Waals surface area contributed by atoms with E-state index in [4.69, 9.17) is 11.6 Å². The zero-order valence-corrected chi connectivity index (χ0v) is 13.5. The van der Waals surface area contributed by atoms with E-state index in [-0.39, 0.29) is 5.91 Å². The molecule has 0 aliphatic carbocycles. The highest BCUT2D eigenvalue weighted by Gasteiger charge is 2.13. The van der Waals surface area contributed by atoms with Gasteiger partial charge in [-0.15, -0.1) is 22.7 Å². The number of nitrogens with zero attached hydrogens (tertiary/aromatic N) is 1. The molecule has 1 amide bonds. The molecule has 2 aromatic heterocycles. The predicted octanol–water partition coefficient (Wildman–Crippen LogP) is 5.09. The number of hydrogen-bond acceptors (Lipinski definition) is 4. The van der Waals surface area contributed by atoms with E-state index in [2.05, 4.69) is 10.3 Å². The summed E-state index contributed by atoms with van der Waals surface area (Å²) in [4.78, 5) is 17.3. The van der Waals surface area contributed by atoms with Crippen LogP contribution in [0, 0.1) is 6.92 Å². The van der Waals surface area contributed by atoms with E-state index in [0.717, 1.165) is 21.7 Å². The van der Waals surface area contributed by atoms with Crippen molar-refractivity contribution in [1.82, 2.24) is 4.98 Å². The average molecular weight is 335 g/mol. The fourth-order valence-electron chi connectivity index (χ4n) is 1.84. The molecular formula is C15H11ClN2OS2. The number of thiazole rings is 1. The van der Waals surface area contributed by atoms with Crippen molar-refractivity contribution in [1.29, 1.82) is 0 Å². The van der Waals surface area contributed by atoms with Crippen molar-refractivity contribution < 1.29 is 4.79 Å². The largest absolute Gasteiger partial charge is 0.297 e. The number of nitrogens with one attached hydrogen (secondary N) is 1. The lowest BCUT2D eigenvalue weighted by molar-refractivity contribution is 0.103. The van der Waals surface area contributed by atoms with Gasteiger partial charge in [0.1, 0.15) is 0 Å². The molecule has 3 aromatic rings. The normalized spacial score (nSPS) is 10.6. The summed E-state index contributed by atoms with van der Waals surface area (Å²) in [6, 6.07) is 9.40. The van der Waals surface area contributed by atoms with Gasteiger partial charge in [-0.25, -0.2) is 4.98 Å². The van der Waals surface area contributed by atoms with Gasteiger partial charge in [-0.1, -0.05) is 23.7 Å². The Morgan fingerprint density at radius 3 is 2.62 bits per heavy atom. The summed E-state index contributed by atoms with van der Waals surface area (Å²) in [5, 5.41) is 7.95. The van der Waals surface area contributed by atoms with Crippen molar-refractivity contribution in [3.05, 3.63) is 56.6 Å². The molecule has 0 radical (unpaired) electrons. The van der Waals surface area contributed by atoms with E-state index < -0.39 is 0 Å². The summed E-state index contributed by atoms with van der Waals surface area (Å²) in [6.07, 6.45) is 0. The fourth-order valence-corrected chi connectivity index (χ4v) is 3.50. The minimum Gasteiger partial charge on any atom is -0.297 e. The Kier molecular flexibility index (Phi) is 4.05. The van der Waals surface area contributed by atoms with E-state index in [1.165, 1.54) is 22.7 Å². The Balaban J connectivity index is 1.78. The molecule has 0 aliphatic rings. The van der Waals surface area contributed by atoms with Crippen LogP contribution >= 0.6 is 34.3 Å². The molecule has 0 saturated carbocycles. The number of benzene rings is 1. The van der Waals surface area contributed by atoms with Crippen molar-refractivity contribution in [3.8, 4) is 11.3 Å². The van der Waals surface area contributed by atoms with Gasteiger partial charge < -0.3 is 0 Å². The lowest BCUT2D eigenvalue weighted by Crippen LogP contribution is -2.10. The van der Waals surface area contributed by atoms with Gasteiger partial charge >= 0.3 is 0 Å². The van der Waals surface area contributed by atoms with E-state index in [1.807, 2.05) is 48.0 Å². The van der Waals surface area contributed by atoms with Crippen LogP contribution in [0.3, 0.4) is 0 Å². The zero-order valence-electron chi connectivity index (χ0n) is 11.1. The summed E-state index contributed by atoms with van der Waals surface area (Å²) in [5.74, 6) is -0.112.